The molecule has 1 aromatic heterocycles. The number of hydrogen-bond acceptors (Lipinski definition) is 3. The van der Waals surface area contributed by atoms with Crippen LogP contribution in [0.5, 0.6) is 0 Å². The molecule has 1 aromatic carbocycles. The summed E-state index contributed by atoms with van der Waals surface area (Å²) in [5.41, 5.74) is 2.22. The third kappa shape index (κ3) is 2.22. The summed E-state index contributed by atoms with van der Waals surface area (Å²) < 4.78 is 5.10. The second-order valence-electron chi connectivity index (χ2n) is 3.49. The normalized spacial score (nSPS) is 10.5. The van der Waals surface area contributed by atoms with Gasteiger partial charge in [-0.15, -0.1) is 0 Å². The minimum atomic E-state index is 0.659. The van der Waals surface area contributed by atoms with E-state index in [2.05, 4.69) is 17.1 Å². The van der Waals surface area contributed by atoms with Gasteiger partial charge in [0, 0.05) is 5.56 Å². The lowest BCUT2D eigenvalue weighted by molar-refractivity contribution is -0.645. The summed E-state index contributed by atoms with van der Waals surface area (Å²) in [5, 5.41) is 5.92. The lowest BCUT2D eigenvalue weighted by atomic mass is 10.1. The number of hydrogen-bond donors (Lipinski definition) is 1. The van der Waals surface area contributed by atoms with E-state index < -0.39 is 0 Å². The zero-order chi connectivity index (χ0) is 10.7. The lowest BCUT2D eigenvalue weighted by Crippen LogP contribution is -2.77. The predicted molar refractivity (Wildman–Crippen MR) is 56.0 cm³/mol. The van der Waals surface area contributed by atoms with Crippen LogP contribution >= 0.6 is 0 Å². The molecular weight excluding hydrogens is 190 g/mol. The molecule has 78 valence electrons. The van der Waals surface area contributed by atoms with E-state index in [1.165, 1.54) is 5.56 Å². The van der Waals surface area contributed by atoms with Crippen LogP contribution in [0.4, 0.5) is 0 Å². The van der Waals surface area contributed by atoms with Crippen molar-refractivity contribution in [2.45, 2.75) is 13.5 Å². The smallest absolute Gasteiger partial charge is 0.282 e. The summed E-state index contributed by atoms with van der Waals surface area (Å²) in [6.07, 6.45) is 0. The average Bonchev–Trinajstić information content (AvgIpc) is 2.68. The van der Waals surface area contributed by atoms with Crippen molar-refractivity contribution in [1.29, 1.82) is 0 Å². The third-order valence-corrected chi connectivity index (χ3v) is 2.16. The number of benzene rings is 1. The Labute approximate surface area is 88.3 Å². The maximum absolute atomic E-state index is 5.10. The summed E-state index contributed by atoms with van der Waals surface area (Å²) in [6.45, 7) is 2.77. The summed E-state index contributed by atoms with van der Waals surface area (Å²) >= 11 is 0. The Hall–Kier alpha value is -1.68. The van der Waals surface area contributed by atoms with E-state index in [0.717, 1.165) is 12.1 Å². The summed E-state index contributed by atoms with van der Waals surface area (Å²) in [6, 6.07) is 8.08. The highest BCUT2D eigenvalue weighted by Crippen LogP contribution is 2.15. The first-order valence-corrected chi connectivity index (χ1v) is 4.97. The average molecular weight is 204 g/mol. The summed E-state index contributed by atoms with van der Waals surface area (Å²) in [4.78, 5) is 4.29. The van der Waals surface area contributed by atoms with Gasteiger partial charge >= 0.3 is 0 Å². The van der Waals surface area contributed by atoms with E-state index in [1.54, 1.807) is 0 Å². The van der Waals surface area contributed by atoms with Crippen molar-refractivity contribution in [3.05, 3.63) is 35.7 Å². The van der Waals surface area contributed by atoms with Crippen molar-refractivity contribution in [2.75, 3.05) is 7.05 Å². The third-order valence-electron chi connectivity index (χ3n) is 2.16. The van der Waals surface area contributed by atoms with Crippen molar-refractivity contribution in [2.24, 2.45) is 0 Å². The molecule has 15 heavy (non-hydrogen) atoms. The van der Waals surface area contributed by atoms with Gasteiger partial charge in [-0.1, -0.05) is 35.0 Å². The van der Waals surface area contributed by atoms with Crippen LogP contribution in [0.25, 0.3) is 11.4 Å². The van der Waals surface area contributed by atoms with Gasteiger partial charge in [0.15, 0.2) is 6.54 Å². The molecule has 2 aromatic rings. The molecule has 2 rings (SSSR count). The van der Waals surface area contributed by atoms with Gasteiger partial charge in [0.1, 0.15) is 0 Å². The van der Waals surface area contributed by atoms with Crippen molar-refractivity contribution < 1.29 is 9.84 Å². The maximum atomic E-state index is 5.10. The van der Waals surface area contributed by atoms with Crippen molar-refractivity contribution >= 4 is 0 Å². The van der Waals surface area contributed by atoms with Crippen LogP contribution in [0.3, 0.4) is 0 Å². The highest BCUT2D eigenvalue weighted by molar-refractivity contribution is 5.54. The topological polar surface area (TPSA) is 55.5 Å². The Kier molecular flexibility index (Phi) is 2.78. The molecule has 0 radical (unpaired) electrons. The Balaban J connectivity index is 2.25. The van der Waals surface area contributed by atoms with Gasteiger partial charge in [-0.25, -0.2) is 0 Å². The largest absolute Gasteiger partial charge is 0.341 e. The number of nitrogens with zero attached hydrogens (tertiary/aromatic N) is 2. The molecular formula is C11H14N3O+. The minimum absolute atomic E-state index is 0.659. The number of aryl methyl sites for hydroxylation is 1. The Morgan fingerprint density at radius 1 is 1.27 bits per heavy atom. The second kappa shape index (κ2) is 4.23. The molecule has 0 unspecified atom stereocenters. The number of rotatable bonds is 3. The van der Waals surface area contributed by atoms with Crippen LogP contribution in [0.2, 0.25) is 0 Å². The molecule has 4 nitrogen and oxygen atoms in total. The van der Waals surface area contributed by atoms with Crippen molar-refractivity contribution in [1.82, 2.24) is 10.1 Å². The predicted octanol–water partition coefficient (Wildman–Crippen LogP) is 0.738. The van der Waals surface area contributed by atoms with Gasteiger partial charge in [-0.05, 0) is 6.92 Å². The zero-order valence-corrected chi connectivity index (χ0v) is 8.90. The first kappa shape index (κ1) is 9.86. The van der Waals surface area contributed by atoms with E-state index in [1.807, 2.05) is 36.6 Å². The van der Waals surface area contributed by atoms with E-state index in [9.17, 15) is 0 Å². The fraction of sp³-hybridized carbons (Fsp3) is 0.273. The van der Waals surface area contributed by atoms with Crippen LogP contribution in [-0.2, 0) is 6.54 Å². The molecule has 4 heteroatoms. The monoisotopic (exact) mass is 204 g/mol. The van der Waals surface area contributed by atoms with Gasteiger partial charge in [0.25, 0.3) is 5.89 Å². The summed E-state index contributed by atoms with van der Waals surface area (Å²) in [5.74, 6) is 1.32. The molecule has 0 amide bonds. The maximum Gasteiger partial charge on any atom is 0.282 e. The van der Waals surface area contributed by atoms with E-state index >= 15 is 0 Å². The van der Waals surface area contributed by atoms with Crippen LogP contribution in [-0.4, -0.2) is 17.2 Å². The molecule has 0 aliphatic carbocycles. The molecule has 0 saturated heterocycles. The Morgan fingerprint density at radius 3 is 2.67 bits per heavy atom. The molecule has 0 bridgehead atoms. The number of quaternary nitrogens is 1. The van der Waals surface area contributed by atoms with Gasteiger partial charge in [-0.3, -0.25) is 0 Å². The molecule has 0 spiro atoms. The van der Waals surface area contributed by atoms with Crippen LogP contribution in [0, 0.1) is 6.92 Å². The zero-order valence-electron chi connectivity index (χ0n) is 8.90. The van der Waals surface area contributed by atoms with Gasteiger partial charge in [-0.2, -0.15) is 4.98 Å². The van der Waals surface area contributed by atoms with Gasteiger partial charge in [0.2, 0.25) is 5.82 Å². The van der Waals surface area contributed by atoms with Crippen LogP contribution in [0.1, 0.15) is 11.5 Å². The standard InChI is InChI=1S/C11H13N3O/c1-8-3-5-9(6-4-8)11-13-10(7-12-2)15-14-11/h3-6,12H,7H2,1-2H3/p+1. The highest BCUT2D eigenvalue weighted by Gasteiger charge is 2.08. The van der Waals surface area contributed by atoms with E-state index in [4.69, 9.17) is 4.52 Å². The fourth-order valence-corrected chi connectivity index (χ4v) is 1.33. The molecule has 0 aliphatic rings. The minimum Gasteiger partial charge on any atom is -0.341 e. The fourth-order valence-electron chi connectivity index (χ4n) is 1.33. The Morgan fingerprint density at radius 2 is 2.00 bits per heavy atom. The van der Waals surface area contributed by atoms with E-state index in [-0.39, 0.29) is 0 Å². The number of nitrogens with two attached hydrogens (primary N) is 1. The van der Waals surface area contributed by atoms with Crippen molar-refractivity contribution in [3.63, 3.8) is 0 Å². The van der Waals surface area contributed by atoms with Crippen LogP contribution < -0.4 is 5.32 Å². The molecule has 0 atom stereocenters. The quantitative estimate of drug-likeness (QED) is 0.802. The van der Waals surface area contributed by atoms with Gasteiger partial charge in [0.05, 0.1) is 7.05 Å². The Bertz CT molecular complexity index is 433. The van der Waals surface area contributed by atoms with Crippen LogP contribution in [0.15, 0.2) is 28.8 Å². The second-order valence-corrected chi connectivity index (χ2v) is 3.49. The first-order chi connectivity index (χ1) is 7.29. The molecule has 0 saturated carbocycles. The van der Waals surface area contributed by atoms with Gasteiger partial charge < -0.3 is 9.84 Å². The lowest BCUT2D eigenvalue weighted by Gasteiger charge is -1.94. The SMILES string of the molecule is C[NH2+]Cc1nc(-c2ccc(C)cc2)no1. The molecule has 0 aliphatic heterocycles. The molecule has 2 N–H and O–H groups in total. The summed E-state index contributed by atoms with van der Waals surface area (Å²) in [7, 11) is 1.97. The van der Waals surface area contributed by atoms with E-state index in [0.29, 0.717) is 11.7 Å². The molecule has 1 heterocycles. The molecule has 0 fully saturated rings. The highest BCUT2D eigenvalue weighted by atomic mass is 16.5. The first-order valence-electron chi connectivity index (χ1n) is 4.97. The number of aromatic nitrogens is 2. The van der Waals surface area contributed by atoms with Crippen molar-refractivity contribution in [3.8, 4) is 11.4 Å².